The molecule has 0 heterocycles. The molecule has 2 rings (SSSR count). The zero-order valence-corrected chi connectivity index (χ0v) is 15.7. The number of aromatic hydroxyl groups is 2. The molecule has 0 unspecified atom stereocenters. The van der Waals surface area contributed by atoms with Crippen molar-refractivity contribution in [2.24, 2.45) is 0 Å². The number of carboxylic acids is 2. The Hall–Kier alpha value is -2.16. The summed E-state index contributed by atoms with van der Waals surface area (Å²) in [6, 6.07) is 7.80. The molecule has 0 spiro atoms. The second-order valence-electron chi connectivity index (χ2n) is 4.34. The number of benzene rings is 2. The third-order valence-electron chi connectivity index (χ3n) is 2.85. The van der Waals surface area contributed by atoms with Gasteiger partial charge in [0, 0.05) is 11.1 Å². The summed E-state index contributed by atoms with van der Waals surface area (Å²) in [6.07, 6.45) is 0. The molecule has 0 amide bonds. The smallest absolute Gasteiger partial charge is 0.545 e. The van der Waals surface area contributed by atoms with Crippen LogP contribution in [0.4, 0.5) is 0 Å². The van der Waals surface area contributed by atoms with Crippen LogP contribution >= 0.6 is 0 Å². The first-order chi connectivity index (χ1) is 11.3. The normalized spacial score (nSPS) is 9.04. The number of hydrogen-bond donors (Lipinski definition) is 2. The number of phenols is 2. The molecule has 0 radical (unpaired) electrons. The van der Waals surface area contributed by atoms with E-state index in [1.165, 1.54) is 50.6 Å². The number of hydrogen-bond acceptors (Lipinski definition) is 8. The molecule has 0 bridgehead atoms. The van der Waals surface area contributed by atoms with Gasteiger partial charge in [-0.15, -0.1) is 0 Å². The van der Waals surface area contributed by atoms with Crippen molar-refractivity contribution in [2.45, 2.75) is 0 Å². The fourth-order valence-electron chi connectivity index (χ4n) is 1.61. The van der Waals surface area contributed by atoms with Gasteiger partial charge in [0.15, 0.2) is 0 Å². The molecule has 2 N–H and O–H groups in total. The molecule has 0 saturated carbocycles. The van der Waals surface area contributed by atoms with Crippen LogP contribution in [0.5, 0.6) is 23.0 Å². The van der Waals surface area contributed by atoms with Crippen molar-refractivity contribution in [3.63, 3.8) is 0 Å². The maximum absolute atomic E-state index is 10.4. The number of aromatic carboxylic acids is 2. The van der Waals surface area contributed by atoms with Crippen LogP contribution in [0.3, 0.4) is 0 Å². The Bertz CT molecular complexity index is 681. The van der Waals surface area contributed by atoms with E-state index in [1.54, 1.807) is 0 Å². The van der Waals surface area contributed by atoms with Crippen LogP contribution in [0.1, 0.15) is 20.7 Å². The van der Waals surface area contributed by atoms with Gasteiger partial charge in [0.1, 0.15) is 23.0 Å². The van der Waals surface area contributed by atoms with Crippen LogP contribution in [-0.4, -0.2) is 74.1 Å². The number of carbonyl (C=O) groups excluding carboxylic acids is 2. The Labute approximate surface area is 173 Å². The summed E-state index contributed by atoms with van der Waals surface area (Å²) in [4.78, 5) is 20.7. The van der Waals surface area contributed by atoms with E-state index in [0.29, 0.717) is 11.5 Å². The van der Waals surface area contributed by atoms with Crippen molar-refractivity contribution in [2.75, 3.05) is 14.2 Å². The SMILES string of the molecule is COc1ccc(O)c(C(=O)[O-])c1.COc1ccc(O)c(C(=O)[O-])c1.[Ca+2]. The largest absolute Gasteiger partial charge is 2.00 e. The van der Waals surface area contributed by atoms with E-state index < -0.39 is 11.9 Å². The monoisotopic (exact) mass is 374 g/mol. The Kier molecular flexibility index (Phi) is 9.73. The summed E-state index contributed by atoms with van der Waals surface area (Å²) in [5, 5.41) is 38.8. The Balaban J connectivity index is 0.000000443. The average molecular weight is 374 g/mol. The molecule has 0 saturated heterocycles. The van der Waals surface area contributed by atoms with E-state index in [-0.39, 0.29) is 60.4 Å². The average Bonchev–Trinajstić information content (AvgIpc) is 2.56. The molecule has 25 heavy (non-hydrogen) atoms. The Morgan fingerprint density at radius 2 is 1.12 bits per heavy atom. The quantitative estimate of drug-likeness (QED) is 0.660. The van der Waals surface area contributed by atoms with E-state index in [0.717, 1.165) is 0 Å². The van der Waals surface area contributed by atoms with E-state index >= 15 is 0 Å². The number of carbonyl (C=O) groups is 2. The molecule has 0 aromatic heterocycles. The number of rotatable bonds is 4. The van der Waals surface area contributed by atoms with Gasteiger partial charge in [0.05, 0.1) is 26.2 Å². The van der Waals surface area contributed by atoms with Gasteiger partial charge in [-0.3, -0.25) is 0 Å². The molecule has 9 heteroatoms. The molecule has 0 atom stereocenters. The van der Waals surface area contributed by atoms with E-state index in [1.807, 2.05) is 0 Å². The van der Waals surface area contributed by atoms with E-state index in [2.05, 4.69) is 0 Å². The summed E-state index contributed by atoms with van der Waals surface area (Å²) >= 11 is 0. The van der Waals surface area contributed by atoms with Gasteiger partial charge in [-0.05, 0) is 36.4 Å². The van der Waals surface area contributed by atoms with Crippen LogP contribution in [0.25, 0.3) is 0 Å². The van der Waals surface area contributed by atoms with Crippen molar-refractivity contribution in [1.82, 2.24) is 0 Å². The van der Waals surface area contributed by atoms with Crippen molar-refractivity contribution < 1.29 is 39.5 Å². The van der Waals surface area contributed by atoms with E-state index in [4.69, 9.17) is 19.7 Å². The molecule has 0 aliphatic heterocycles. The van der Waals surface area contributed by atoms with Crippen LogP contribution < -0.4 is 19.7 Å². The van der Waals surface area contributed by atoms with Crippen LogP contribution in [0.2, 0.25) is 0 Å². The number of carboxylic acid groups (broad SMARTS) is 2. The summed E-state index contributed by atoms with van der Waals surface area (Å²) < 4.78 is 9.52. The fourth-order valence-corrected chi connectivity index (χ4v) is 1.61. The van der Waals surface area contributed by atoms with Crippen LogP contribution in [-0.2, 0) is 0 Å². The second kappa shape index (κ2) is 10.7. The van der Waals surface area contributed by atoms with Crippen molar-refractivity contribution in [3.05, 3.63) is 47.5 Å². The summed E-state index contributed by atoms with van der Waals surface area (Å²) in [7, 11) is 2.82. The summed E-state index contributed by atoms with van der Waals surface area (Å²) in [6.45, 7) is 0. The van der Waals surface area contributed by atoms with Crippen molar-refractivity contribution in [3.8, 4) is 23.0 Å². The van der Waals surface area contributed by atoms with E-state index in [9.17, 15) is 19.8 Å². The molecule has 128 valence electrons. The molecule has 2 aromatic carbocycles. The van der Waals surface area contributed by atoms with Crippen LogP contribution in [0.15, 0.2) is 36.4 Å². The van der Waals surface area contributed by atoms with Gasteiger partial charge in [-0.25, -0.2) is 0 Å². The maximum atomic E-state index is 10.4. The fraction of sp³-hybridized carbons (Fsp3) is 0.125. The summed E-state index contributed by atoms with van der Waals surface area (Å²) in [5.41, 5.74) is -0.538. The molecule has 0 aliphatic rings. The second-order valence-corrected chi connectivity index (χ2v) is 4.34. The zero-order valence-electron chi connectivity index (χ0n) is 13.5. The Morgan fingerprint density at radius 3 is 1.36 bits per heavy atom. The van der Waals surface area contributed by atoms with Gasteiger partial charge in [-0.1, -0.05) is 0 Å². The maximum Gasteiger partial charge on any atom is 2.00 e. The van der Waals surface area contributed by atoms with Crippen molar-refractivity contribution in [1.29, 1.82) is 0 Å². The first kappa shape index (κ1) is 22.8. The van der Waals surface area contributed by atoms with Crippen LogP contribution in [0, 0.1) is 0 Å². The number of methoxy groups -OCH3 is 2. The molecule has 2 aromatic rings. The first-order valence-electron chi connectivity index (χ1n) is 6.46. The molecular weight excluding hydrogens is 360 g/mol. The minimum Gasteiger partial charge on any atom is -0.545 e. The minimum absolute atomic E-state index is 0. The first-order valence-corrected chi connectivity index (χ1v) is 6.46. The number of ether oxygens (including phenoxy) is 2. The topological polar surface area (TPSA) is 139 Å². The van der Waals surface area contributed by atoms with Gasteiger partial charge in [-0.2, -0.15) is 0 Å². The standard InChI is InChI=1S/2C8H8O4.Ca/c2*1-12-5-2-3-7(9)6(4-5)8(10)11;/h2*2-4,9H,1H3,(H,10,11);/q;;+2/p-2. The third kappa shape index (κ3) is 6.69. The third-order valence-corrected chi connectivity index (χ3v) is 2.85. The minimum atomic E-state index is -1.42. The predicted molar refractivity (Wildman–Crippen MR) is 83.7 cm³/mol. The molecular formula is C16H14CaO8. The molecule has 0 aliphatic carbocycles. The van der Waals surface area contributed by atoms with Crippen molar-refractivity contribution >= 4 is 49.7 Å². The molecule has 0 fully saturated rings. The van der Waals surface area contributed by atoms with Gasteiger partial charge >= 0.3 is 37.7 Å². The summed E-state index contributed by atoms with van der Waals surface area (Å²) in [5.74, 6) is -2.76. The van der Waals surface area contributed by atoms with Gasteiger partial charge in [0.25, 0.3) is 0 Å². The predicted octanol–water partition coefficient (Wildman–Crippen LogP) is -0.852. The molecule has 8 nitrogen and oxygen atoms in total. The zero-order chi connectivity index (χ0) is 18.3. The van der Waals surface area contributed by atoms with Gasteiger partial charge < -0.3 is 39.5 Å². The Morgan fingerprint density at radius 1 is 0.800 bits per heavy atom. The van der Waals surface area contributed by atoms with Gasteiger partial charge in [0.2, 0.25) is 0 Å².